The molecule has 2 N–H and O–H groups in total. The zero-order valence-electron chi connectivity index (χ0n) is 14.6. The molecule has 126 valence electrons. The largest absolute Gasteiger partial charge is 0.355 e. The fourth-order valence-corrected chi connectivity index (χ4v) is 3.60. The number of nitrogens with zero attached hydrogens (tertiary/aromatic N) is 4. The highest BCUT2D eigenvalue weighted by Crippen LogP contribution is 2.30. The Kier molecular flexibility index (Phi) is 4.04. The molecule has 2 aliphatic rings. The summed E-state index contributed by atoms with van der Waals surface area (Å²) >= 11 is 0. The third-order valence-electron chi connectivity index (χ3n) is 5.23. The number of aryl methyl sites for hydroxylation is 1. The predicted octanol–water partition coefficient (Wildman–Crippen LogP) is 1.65. The van der Waals surface area contributed by atoms with Crippen LogP contribution in [0.5, 0.6) is 0 Å². The second-order valence-corrected chi connectivity index (χ2v) is 7.45. The first kappa shape index (κ1) is 16.2. The van der Waals surface area contributed by atoms with Crippen LogP contribution in [0.1, 0.15) is 55.0 Å². The van der Waals surface area contributed by atoms with Crippen molar-refractivity contribution < 1.29 is 4.79 Å². The van der Waals surface area contributed by atoms with E-state index in [0.717, 1.165) is 56.0 Å². The zero-order chi connectivity index (χ0) is 16.8. The molecule has 1 aromatic rings. The fourth-order valence-electron chi connectivity index (χ4n) is 3.60. The summed E-state index contributed by atoms with van der Waals surface area (Å²) in [5.41, 5.74) is 7.82. The van der Waals surface area contributed by atoms with Crippen molar-refractivity contribution in [3.63, 3.8) is 0 Å². The molecular weight excluding hydrogens is 290 g/mol. The molecule has 1 amide bonds. The summed E-state index contributed by atoms with van der Waals surface area (Å²) in [6, 6.07) is 0.182. The van der Waals surface area contributed by atoms with Crippen LogP contribution in [-0.4, -0.2) is 52.0 Å². The normalized spacial score (nSPS) is 23.6. The van der Waals surface area contributed by atoms with Crippen molar-refractivity contribution in [2.45, 2.75) is 58.5 Å². The monoisotopic (exact) mass is 317 g/mol. The molecular formula is C17H27N5O. The Labute approximate surface area is 138 Å². The first-order valence-corrected chi connectivity index (χ1v) is 8.47. The van der Waals surface area contributed by atoms with Crippen molar-refractivity contribution >= 4 is 11.7 Å². The number of amides is 1. The number of carbonyl (C=O) groups is 1. The molecule has 2 fully saturated rings. The summed E-state index contributed by atoms with van der Waals surface area (Å²) < 4.78 is 0. The first-order valence-electron chi connectivity index (χ1n) is 8.47. The van der Waals surface area contributed by atoms with Crippen molar-refractivity contribution in [3.8, 4) is 0 Å². The summed E-state index contributed by atoms with van der Waals surface area (Å²) in [6.45, 7) is 10.6. The Bertz CT molecular complexity index is 628. The Morgan fingerprint density at radius 1 is 1.26 bits per heavy atom. The second-order valence-electron chi connectivity index (χ2n) is 7.45. The molecule has 2 aliphatic heterocycles. The minimum absolute atomic E-state index is 0.0552. The lowest BCUT2D eigenvalue weighted by molar-refractivity contribution is 0.0639. The van der Waals surface area contributed by atoms with E-state index in [-0.39, 0.29) is 17.5 Å². The first-order chi connectivity index (χ1) is 10.8. The number of anilines is 1. The number of likely N-dealkylation sites (tertiary alicyclic amines) is 1. The number of nitrogens with two attached hydrogens (primary N) is 1. The Morgan fingerprint density at radius 2 is 2.00 bits per heavy atom. The number of carbonyl (C=O) groups excluding carboxylic acids is 1. The lowest BCUT2D eigenvalue weighted by atomic mass is 10.0. The summed E-state index contributed by atoms with van der Waals surface area (Å²) in [4.78, 5) is 26.1. The number of rotatable bonds is 2. The minimum Gasteiger partial charge on any atom is -0.355 e. The lowest BCUT2D eigenvalue weighted by Gasteiger charge is -2.31. The maximum atomic E-state index is 12.9. The number of hydrogen-bond donors (Lipinski definition) is 1. The van der Waals surface area contributed by atoms with E-state index < -0.39 is 0 Å². The molecule has 1 aromatic heterocycles. The van der Waals surface area contributed by atoms with E-state index in [4.69, 9.17) is 5.73 Å². The highest BCUT2D eigenvalue weighted by molar-refractivity contribution is 5.91. The van der Waals surface area contributed by atoms with Crippen molar-refractivity contribution in [2.75, 3.05) is 24.5 Å². The third-order valence-corrected chi connectivity index (χ3v) is 5.23. The van der Waals surface area contributed by atoms with Crippen LogP contribution in [0.3, 0.4) is 0 Å². The van der Waals surface area contributed by atoms with E-state index in [1.54, 1.807) is 0 Å². The number of hydrogen-bond acceptors (Lipinski definition) is 5. The van der Waals surface area contributed by atoms with E-state index in [1.807, 2.05) is 18.7 Å². The van der Waals surface area contributed by atoms with E-state index in [9.17, 15) is 4.79 Å². The Hall–Kier alpha value is -1.69. The molecule has 23 heavy (non-hydrogen) atoms. The van der Waals surface area contributed by atoms with Crippen molar-refractivity contribution in [1.82, 2.24) is 14.9 Å². The third kappa shape index (κ3) is 2.92. The standard InChI is InChI=1S/C17H27N5O/c1-11-12(2)19-14(16(23)22-8-5-7-17(22,3)4)20-15(11)21-9-6-13(18)10-21/h13H,5-10,18H2,1-4H3/t13-/m1/s1. The van der Waals surface area contributed by atoms with Gasteiger partial charge in [0.15, 0.2) is 0 Å². The topological polar surface area (TPSA) is 75.4 Å². The van der Waals surface area contributed by atoms with Crippen LogP contribution in [-0.2, 0) is 0 Å². The number of aromatic nitrogens is 2. The van der Waals surface area contributed by atoms with Gasteiger partial charge in [0.1, 0.15) is 5.82 Å². The molecule has 0 radical (unpaired) electrons. The molecule has 2 saturated heterocycles. The maximum Gasteiger partial charge on any atom is 0.292 e. The summed E-state index contributed by atoms with van der Waals surface area (Å²) in [7, 11) is 0. The molecule has 0 aromatic carbocycles. The van der Waals surface area contributed by atoms with Crippen LogP contribution in [0.25, 0.3) is 0 Å². The van der Waals surface area contributed by atoms with Crippen molar-refractivity contribution in [1.29, 1.82) is 0 Å². The van der Waals surface area contributed by atoms with Gasteiger partial charge in [0.2, 0.25) is 5.82 Å². The van der Waals surface area contributed by atoms with Crippen LogP contribution in [0.15, 0.2) is 0 Å². The lowest BCUT2D eigenvalue weighted by Crippen LogP contribution is -2.43. The van der Waals surface area contributed by atoms with Gasteiger partial charge in [-0.15, -0.1) is 0 Å². The van der Waals surface area contributed by atoms with Gasteiger partial charge in [-0.3, -0.25) is 4.79 Å². The molecule has 6 nitrogen and oxygen atoms in total. The van der Waals surface area contributed by atoms with E-state index in [2.05, 4.69) is 28.7 Å². The van der Waals surface area contributed by atoms with Crippen LogP contribution < -0.4 is 10.6 Å². The van der Waals surface area contributed by atoms with Gasteiger partial charge in [0.05, 0.1) is 0 Å². The molecule has 0 unspecified atom stereocenters. The van der Waals surface area contributed by atoms with Crippen molar-refractivity contribution in [2.24, 2.45) is 5.73 Å². The smallest absolute Gasteiger partial charge is 0.292 e. The predicted molar refractivity (Wildman–Crippen MR) is 90.7 cm³/mol. The van der Waals surface area contributed by atoms with Gasteiger partial charge >= 0.3 is 0 Å². The fraction of sp³-hybridized carbons (Fsp3) is 0.706. The second kappa shape index (κ2) is 5.74. The summed E-state index contributed by atoms with van der Waals surface area (Å²) in [5.74, 6) is 1.13. The van der Waals surface area contributed by atoms with Gasteiger partial charge in [-0.05, 0) is 47.0 Å². The zero-order valence-corrected chi connectivity index (χ0v) is 14.6. The van der Waals surface area contributed by atoms with Gasteiger partial charge in [-0.2, -0.15) is 0 Å². The Morgan fingerprint density at radius 3 is 2.57 bits per heavy atom. The highest BCUT2D eigenvalue weighted by atomic mass is 16.2. The van der Waals surface area contributed by atoms with Gasteiger partial charge in [0.25, 0.3) is 5.91 Å². The molecule has 0 bridgehead atoms. The van der Waals surface area contributed by atoms with Gasteiger partial charge in [-0.1, -0.05) is 0 Å². The Balaban J connectivity index is 1.94. The summed E-state index contributed by atoms with van der Waals surface area (Å²) in [5, 5.41) is 0. The van der Waals surface area contributed by atoms with E-state index >= 15 is 0 Å². The molecule has 3 heterocycles. The van der Waals surface area contributed by atoms with E-state index in [0.29, 0.717) is 5.82 Å². The van der Waals surface area contributed by atoms with Gasteiger partial charge in [0, 0.05) is 42.5 Å². The van der Waals surface area contributed by atoms with Crippen LogP contribution in [0.4, 0.5) is 5.82 Å². The molecule has 0 spiro atoms. The quantitative estimate of drug-likeness (QED) is 0.897. The average molecular weight is 317 g/mol. The van der Waals surface area contributed by atoms with Gasteiger partial charge in [-0.25, -0.2) is 9.97 Å². The summed E-state index contributed by atoms with van der Waals surface area (Å²) in [6.07, 6.45) is 3.03. The average Bonchev–Trinajstić information content (AvgIpc) is 3.06. The molecule has 3 rings (SSSR count). The molecule has 6 heteroatoms. The molecule has 0 saturated carbocycles. The maximum absolute atomic E-state index is 12.9. The van der Waals surface area contributed by atoms with Crippen LogP contribution in [0, 0.1) is 13.8 Å². The van der Waals surface area contributed by atoms with Crippen LogP contribution in [0.2, 0.25) is 0 Å². The molecule has 0 aliphatic carbocycles. The minimum atomic E-state index is -0.116. The van der Waals surface area contributed by atoms with Gasteiger partial charge < -0.3 is 15.5 Å². The molecule has 1 atom stereocenters. The van der Waals surface area contributed by atoms with E-state index in [1.165, 1.54) is 0 Å². The van der Waals surface area contributed by atoms with Crippen molar-refractivity contribution in [3.05, 3.63) is 17.1 Å². The SMILES string of the molecule is Cc1nc(C(=O)N2CCCC2(C)C)nc(N2CC[C@@H](N)C2)c1C. The van der Waals surface area contributed by atoms with Crippen LogP contribution >= 0.6 is 0 Å². The highest BCUT2D eigenvalue weighted by Gasteiger charge is 2.37.